The van der Waals surface area contributed by atoms with Crippen molar-refractivity contribution in [3.05, 3.63) is 23.8 Å². The minimum absolute atomic E-state index is 0.200. The van der Waals surface area contributed by atoms with Crippen molar-refractivity contribution >= 4 is 23.3 Å². The van der Waals surface area contributed by atoms with Crippen molar-refractivity contribution < 1.29 is 5.21 Å². The topological polar surface area (TPSA) is 61.8 Å². The first-order valence-electron chi connectivity index (χ1n) is 7.47. The van der Waals surface area contributed by atoms with Gasteiger partial charge < -0.3 is 15.8 Å². The second kappa shape index (κ2) is 6.60. The van der Waals surface area contributed by atoms with Gasteiger partial charge in [-0.1, -0.05) is 32.0 Å². The second-order valence-corrected chi connectivity index (χ2v) is 7.53. The molecule has 1 aliphatic heterocycles. The molecule has 1 saturated heterocycles. The fourth-order valence-electron chi connectivity index (χ4n) is 2.72. The molecule has 0 atom stereocenters. The van der Waals surface area contributed by atoms with E-state index in [0.717, 1.165) is 47.8 Å². The van der Waals surface area contributed by atoms with Gasteiger partial charge in [-0.25, -0.2) is 0 Å². The number of amidine groups is 1. The Morgan fingerprint density at radius 1 is 1.38 bits per heavy atom. The molecule has 1 aromatic rings. The summed E-state index contributed by atoms with van der Waals surface area (Å²) >= 11 is 1.72. The van der Waals surface area contributed by atoms with E-state index in [-0.39, 0.29) is 5.84 Å². The third-order valence-electron chi connectivity index (χ3n) is 4.13. The van der Waals surface area contributed by atoms with Crippen LogP contribution in [0.4, 0.5) is 5.69 Å². The molecule has 0 bridgehead atoms. The summed E-state index contributed by atoms with van der Waals surface area (Å²) in [5, 5.41) is 12.4. The van der Waals surface area contributed by atoms with Crippen LogP contribution in [0.1, 0.15) is 39.2 Å². The standard InChI is InChI=1S/C16H25N3OS/c1-4-21-13-7-5-6-12(14(13)15(17)18-20)19-10-8-16(2,3)9-11-19/h5-7,20H,4,8-11H2,1-3H3,(H2,17,18). The summed E-state index contributed by atoms with van der Waals surface area (Å²) in [6, 6.07) is 6.17. The van der Waals surface area contributed by atoms with Gasteiger partial charge in [0.1, 0.15) is 0 Å². The molecule has 5 heteroatoms. The average Bonchev–Trinajstić information content (AvgIpc) is 2.47. The van der Waals surface area contributed by atoms with Gasteiger partial charge in [0.2, 0.25) is 0 Å². The van der Waals surface area contributed by atoms with Gasteiger partial charge in [-0.05, 0) is 36.1 Å². The Morgan fingerprint density at radius 3 is 2.62 bits per heavy atom. The van der Waals surface area contributed by atoms with E-state index in [2.05, 4.69) is 43.0 Å². The van der Waals surface area contributed by atoms with E-state index in [1.54, 1.807) is 11.8 Å². The van der Waals surface area contributed by atoms with Crippen LogP contribution in [-0.2, 0) is 0 Å². The Morgan fingerprint density at radius 2 is 2.05 bits per heavy atom. The molecule has 21 heavy (non-hydrogen) atoms. The fourth-order valence-corrected chi connectivity index (χ4v) is 3.56. The lowest BCUT2D eigenvalue weighted by molar-refractivity contribution is 0.279. The van der Waals surface area contributed by atoms with Gasteiger partial charge in [-0.2, -0.15) is 0 Å². The maximum absolute atomic E-state index is 9.12. The molecule has 0 radical (unpaired) electrons. The van der Waals surface area contributed by atoms with Crippen LogP contribution in [0.2, 0.25) is 0 Å². The highest BCUT2D eigenvalue weighted by atomic mass is 32.2. The monoisotopic (exact) mass is 307 g/mol. The molecular formula is C16H25N3OS. The smallest absolute Gasteiger partial charge is 0.173 e. The third-order valence-corrected chi connectivity index (χ3v) is 5.07. The fraction of sp³-hybridized carbons (Fsp3) is 0.562. The van der Waals surface area contributed by atoms with E-state index < -0.39 is 0 Å². The summed E-state index contributed by atoms with van der Waals surface area (Å²) < 4.78 is 0. The number of hydrogen-bond acceptors (Lipinski definition) is 4. The van der Waals surface area contributed by atoms with Crippen LogP contribution in [0.25, 0.3) is 0 Å². The highest BCUT2D eigenvalue weighted by Crippen LogP contribution is 2.36. The van der Waals surface area contributed by atoms with E-state index >= 15 is 0 Å². The minimum Gasteiger partial charge on any atom is -0.409 e. The molecule has 0 aromatic heterocycles. The molecule has 0 unspecified atom stereocenters. The highest BCUT2D eigenvalue weighted by molar-refractivity contribution is 7.99. The molecule has 1 heterocycles. The maximum atomic E-state index is 9.12. The largest absolute Gasteiger partial charge is 0.409 e. The SMILES string of the molecule is CCSc1cccc(N2CCC(C)(C)CC2)c1/C(N)=N/O. The summed E-state index contributed by atoms with van der Waals surface area (Å²) in [7, 11) is 0. The Kier molecular flexibility index (Phi) is 5.04. The normalized spacial score (nSPS) is 18.8. The van der Waals surface area contributed by atoms with Crippen LogP contribution < -0.4 is 10.6 Å². The molecule has 0 aliphatic carbocycles. The van der Waals surface area contributed by atoms with Crippen molar-refractivity contribution in [1.29, 1.82) is 0 Å². The first-order valence-corrected chi connectivity index (χ1v) is 8.45. The number of piperidine rings is 1. The van der Waals surface area contributed by atoms with Crippen LogP contribution in [0, 0.1) is 5.41 Å². The summed E-state index contributed by atoms with van der Waals surface area (Å²) in [6.45, 7) is 8.77. The van der Waals surface area contributed by atoms with Crippen LogP contribution in [-0.4, -0.2) is 29.9 Å². The van der Waals surface area contributed by atoms with Crippen molar-refractivity contribution in [2.75, 3.05) is 23.7 Å². The van der Waals surface area contributed by atoms with E-state index in [0.29, 0.717) is 5.41 Å². The van der Waals surface area contributed by atoms with Crippen molar-refractivity contribution in [3.8, 4) is 0 Å². The van der Waals surface area contributed by atoms with Gasteiger partial charge in [-0.15, -0.1) is 11.8 Å². The van der Waals surface area contributed by atoms with Crippen LogP contribution in [0.5, 0.6) is 0 Å². The van der Waals surface area contributed by atoms with Gasteiger partial charge in [0.25, 0.3) is 0 Å². The van der Waals surface area contributed by atoms with Gasteiger partial charge in [0.15, 0.2) is 5.84 Å². The lowest BCUT2D eigenvalue weighted by atomic mass is 9.82. The summed E-state index contributed by atoms with van der Waals surface area (Å²) in [5.74, 6) is 1.16. The van der Waals surface area contributed by atoms with Gasteiger partial charge in [0, 0.05) is 23.7 Å². The Labute approximate surface area is 131 Å². The molecule has 2 rings (SSSR count). The summed E-state index contributed by atoms with van der Waals surface area (Å²) in [5.41, 5.74) is 8.30. The first-order chi connectivity index (χ1) is 9.98. The molecular weight excluding hydrogens is 282 g/mol. The highest BCUT2D eigenvalue weighted by Gasteiger charge is 2.27. The Bertz CT molecular complexity index is 518. The van der Waals surface area contributed by atoms with Gasteiger partial charge in [0.05, 0.1) is 5.56 Å². The number of benzene rings is 1. The predicted molar refractivity (Wildman–Crippen MR) is 90.6 cm³/mol. The Balaban J connectivity index is 2.37. The average molecular weight is 307 g/mol. The molecule has 4 nitrogen and oxygen atoms in total. The molecule has 0 amide bonds. The zero-order chi connectivity index (χ0) is 15.5. The molecule has 0 saturated carbocycles. The lowest BCUT2D eigenvalue weighted by Gasteiger charge is -2.39. The number of rotatable bonds is 4. The number of hydrogen-bond donors (Lipinski definition) is 2. The quantitative estimate of drug-likeness (QED) is 0.294. The summed E-state index contributed by atoms with van der Waals surface area (Å²) in [4.78, 5) is 3.44. The first kappa shape index (κ1) is 16.0. The van der Waals surface area contributed by atoms with Crippen molar-refractivity contribution in [1.82, 2.24) is 0 Å². The number of nitrogens with zero attached hydrogens (tertiary/aromatic N) is 2. The number of thioether (sulfide) groups is 1. The predicted octanol–water partition coefficient (Wildman–Crippen LogP) is 3.52. The lowest BCUT2D eigenvalue weighted by Crippen LogP contribution is -2.38. The van der Waals surface area contributed by atoms with E-state index in [9.17, 15) is 0 Å². The van der Waals surface area contributed by atoms with Crippen molar-refractivity contribution in [2.24, 2.45) is 16.3 Å². The molecule has 0 spiro atoms. The number of nitrogens with two attached hydrogens (primary N) is 1. The van der Waals surface area contributed by atoms with E-state index in [4.69, 9.17) is 10.9 Å². The minimum atomic E-state index is 0.200. The van der Waals surface area contributed by atoms with E-state index in [1.165, 1.54) is 0 Å². The molecule has 116 valence electrons. The number of oxime groups is 1. The van der Waals surface area contributed by atoms with Gasteiger partial charge >= 0.3 is 0 Å². The zero-order valence-corrected chi connectivity index (χ0v) is 13.9. The maximum Gasteiger partial charge on any atom is 0.173 e. The van der Waals surface area contributed by atoms with Crippen LogP contribution >= 0.6 is 11.8 Å². The van der Waals surface area contributed by atoms with Gasteiger partial charge in [-0.3, -0.25) is 0 Å². The molecule has 1 aromatic carbocycles. The molecule has 3 N–H and O–H groups in total. The number of anilines is 1. The second-order valence-electron chi connectivity index (χ2n) is 6.22. The van der Waals surface area contributed by atoms with Crippen LogP contribution in [0.15, 0.2) is 28.3 Å². The summed E-state index contributed by atoms with van der Waals surface area (Å²) in [6.07, 6.45) is 2.32. The molecule has 1 aliphatic rings. The van der Waals surface area contributed by atoms with Crippen molar-refractivity contribution in [2.45, 2.75) is 38.5 Å². The van der Waals surface area contributed by atoms with E-state index in [1.807, 2.05) is 6.07 Å². The Hall–Kier alpha value is -1.36. The molecule has 1 fully saturated rings. The third kappa shape index (κ3) is 3.64. The zero-order valence-electron chi connectivity index (χ0n) is 13.1. The van der Waals surface area contributed by atoms with Crippen LogP contribution in [0.3, 0.4) is 0 Å². The van der Waals surface area contributed by atoms with Crippen molar-refractivity contribution in [3.63, 3.8) is 0 Å².